The van der Waals surface area contributed by atoms with Crippen molar-refractivity contribution >= 4 is 11.9 Å². The van der Waals surface area contributed by atoms with Gasteiger partial charge >= 0.3 is 5.97 Å². The summed E-state index contributed by atoms with van der Waals surface area (Å²) < 4.78 is 24.1. The standard InChI is InChI=1S/C19H28FN3O3/c1-4-21-19(23-11-9-15(10-12-23)18(24)25-3)22-13-14(2)26-17-8-6-5-7-16(17)20/h5-8,14-15H,4,9-13H2,1-3H3,(H,21,22). The summed E-state index contributed by atoms with van der Waals surface area (Å²) in [6, 6.07) is 6.36. The number of likely N-dealkylation sites (tertiary alicyclic amines) is 1. The predicted molar refractivity (Wildman–Crippen MR) is 98.8 cm³/mol. The highest BCUT2D eigenvalue weighted by Crippen LogP contribution is 2.19. The Morgan fingerprint density at radius 2 is 2.08 bits per heavy atom. The number of guanidine groups is 1. The Bertz CT molecular complexity index is 616. The van der Waals surface area contributed by atoms with Gasteiger partial charge in [0, 0.05) is 19.6 Å². The second-order valence-corrected chi connectivity index (χ2v) is 6.34. The maximum absolute atomic E-state index is 13.7. The first-order valence-corrected chi connectivity index (χ1v) is 9.07. The van der Waals surface area contributed by atoms with Crippen LogP contribution in [0.3, 0.4) is 0 Å². The number of halogens is 1. The number of esters is 1. The third kappa shape index (κ3) is 5.61. The number of aliphatic imine (C=N–C) groups is 1. The van der Waals surface area contributed by atoms with Crippen molar-refractivity contribution < 1.29 is 18.7 Å². The molecule has 144 valence electrons. The van der Waals surface area contributed by atoms with E-state index in [0.29, 0.717) is 6.54 Å². The minimum Gasteiger partial charge on any atom is -0.486 e. The van der Waals surface area contributed by atoms with Gasteiger partial charge in [-0.2, -0.15) is 0 Å². The highest BCUT2D eigenvalue weighted by molar-refractivity contribution is 5.80. The molecule has 1 N–H and O–H groups in total. The van der Waals surface area contributed by atoms with E-state index in [9.17, 15) is 9.18 Å². The second-order valence-electron chi connectivity index (χ2n) is 6.34. The fourth-order valence-corrected chi connectivity index (χ4v) is 2.93. The Labute approximate surface area is 154 Å². The molecule has 2 rings (SSSR count). The lowest BCUT2D eigenvalue weighted by molar-refractivity contribution is -0.146. The molecular weight excluding hydrogens is 337 g/mol. The number of carbonyl (C=O) groups excluding carboxylic acids is 1. The van der Waals surface area contributed by atoms with Gasteiger partial charge < -0.3 is 19.7 Å². The molecule has 1 aromatic rings. The van der Waals surface area contributed by atoms with Crippen LogP contribution >= 0.6 is 0 Å². The average Bonchev–Trinajstić information content (AvgIpc) is 2.66. The van der Waals surface area contributed by atoms with E-state index < -0.39 is 0 Å². The van der Waals surface area contributed by atoms with Crippen molar-refractivity contribution in [2.75, 3.05) is 33.3 Å². The minimum absolute atomic E-state index is 0.0394. The Morgan fingerprint density at radius 1 is 1.38 bits per heavy atom. The molecule has 1 heterocycles. The Kier molecular flexibility index (Phi) is 7.69. The van der Waals surface area contributed by atoms with Crippen LogP contribution in [0.25, 0.3) is 0 Å². The van der Waals surface area contributed by atoms with Gasteiger partial charge in [0.15, 0.2) is 17.5 Å². The summed E-state index contributed by atoms with van der Waals surface area (Å²) in [7, 11) is 1.43. The lowest BCUT2D eigenvalue weighted by Gasteiger charge is -2.33. The number of nitrogens with zero attached hydrogens (tertiary/aromatic N) is 2. The van der Waals surface area contributed by atoms with Crippen LogP contribution in [0.4, 0.5) is 4.39 Å². The first kappa shape index (κ1) is 20.0. The lowest BCUT2D eigenvalue weighted by Crippen LogP contribution is -2.47. The van der Waals surface area contributed by atoms with E-state index >= 15 is 0 Å². The lowest BCUT2D eigenvalue weighted by atomic mass is 9.97. The Morgan fingerprint density at radius 3 is 2.69 bits per heavy atom. The molecule has 7 heteroatoms. The van der Waals surface area contributed by atoms with E-state index in [1.165, 1.54) is 13.2 Å². The smallest absolute Gasteiger partial charge is 0.308 e. The summed E-state index contributed by atoms with van der Waals surface area (Å²) in [6.07, 6.45) is 1.24. The minimum atomic E-state index is -0.375. The monoisotopic (exact) mass is 365 g/mol. The fourth-order valence-electron chi connectivity index (χ4n) is 2.93. The molecule has 1 atom stereocenters. The van der Waals surface area contributed by atoms with Gasteiger partial charge in [0.05, 0.1) is 19.6 Å². The maximum atomic E-state index is 13.7. The molecule has 1 aliphatic heterocycles. The first-order valence-electron chi connectivity index (χ1n) is 9.07. The van der Waals surface area contributed by atoms with Crippen molar-refractivity contribution in [2.45, 2.75) is 32.8 Å². The molecule has 26 heavy (non-hydrogen) atoms. The maximum Gasteiger partial charge on any atom is 0.308 e. The number of para-hydroxylation sites is 1. The molecule has 1 saturated heterocycles. The van der Waals surface area contributed by atoms with Crippen molar-refractivity contribution in [2.24, 2.45) is 10.9 Å². The summed E-state index contributed by atoms with van der Waals surface area (Å²) in [5.74, 6) is 0.472. The topological polar surface area (TPSA) is 63.2 Å². The number of ether oxygens (including phenoxy) is 2. The number of carbonyl (C=O) groups is 1. The van der Waals surface area contributed by atoms with Gasteiger partial charge in [0.1, 0.15) is 6.10 Å². The summed E-state index contributed by atoms with van der Waals surface area (Å²) in [5, 5.41) is 3.27. The number of hydrogen-bond donors (Lipinski definition) is 1. The van der Waals surface area contributed by atoms with Gasteiger partial charge in [-0.1, -0.05) is 12.1 Å². The molecule has 0 saturated carbocycles. The molecule has 1 aliphatic rings. The van der Waals surface area contributed by atoms with Crippen LogP contribution in [0.15, 0.2) is 29.3 Å². The van der Waals surface area contributed by atoms with E-state index in [0.717, 1.165) is 38.4 Å². The van der Waals surface area contributed by atoms with Crippen molar-refractivity contribution in [1.82, 2.24) is 10.2 Å². The molecule has 6 nitrogen and oxygen atoms in total. The molecule has 1 unspecified atom stereocenters. The van der Waals surface area contributed by atoms with Crippen LogP contribution in [0, 0.1) is 11.7 Å². The summed E-state index contributed by atoms with van der Waals surface area (Å²) in [4.78, 5) is 18.4. The van der Waals surface area contributed by atoms with Crippen LogP contribution in [0.5, 0.6) is 5.75 Å². The molecule has 1 aromatic carbocycles. The van der Waals surface area contributed by atoms with Crippen LogP contribution in [-0.2, 0) is 9.53 Å². The highest BCUT2D eigenvalue weighted by atomic mass is 19.1. The zero-order valence-corrected chi connectivity index (χ0v) is 15.7. The van der Waals surface area contributed by atoms with Gasteiger partial charge in [-0.15, -0.1) is 0 Å². The van der Waals surface area contributed by atoms with Crippen molar-refractivity contribution in [3.05, 3.63) is 30.1 Å². The molecule has 0 aliphatic carbocycles. The van der Waals surface area contributed by atoms with E-state index in [-0.39, 0.29) is 29.6 Å². The summed E-state index contributed by atoms with van der Waals surface area (Å²) in [5.41, 5.74) is 0. The summed E-state index contributed by atoms with van der Waals surface area (Å²) >= 11 is 0. The van der Waals surface area contributed by atoms with Crippen molar-refractivity contribution in [3.8, 4) is 5.75 Å². The fraction of sp³-hybridized carbons (Fsp3) is 0.579. The molecule has 0 bridgehead atoms. The molecule has 0 radical (unpaired) electrons. The molecule has 0 aromatic heterocycles. The van der Waals surface area contributed by atoms with Gasteiger partial charge in [-0.05, 0) is 38.8 Å². The SMILES string of the molecule is CCNC(=NCC(C)Oc1ccccc1F)N1CCC(C(=O)OC)CC1. The van der Waals surface area contributed by atoms with Gasteiger partial charge in [0.2, 0.25) is 0 Å². The summed E-state index contributed by atoms with van der Waals surface area (Å²) in [6.45, 7) is 6.52. The number of nitrogens with one attached hydrogen (secondary N) is 1. The largest absolute Gasteiger partial charge is 0.486 e. The van der Waals surface area contributed by atoms with Gasteiger partial charge in [-0.3, -0.25) is 4.79 Å². The van der Waals surface area contributed by atoms with E-state index in [4.69, 9.17) is 9.47 Å². The second kappa shape index (κ2) is 9.99. The molecular formula is C19H28FN3O3. The number of piperidine rings is 1. The van der Waals surface area contributed by atoms with Gasteiger partial charge in [-0.25, -0.2) is 9.38 Å². The number of rotatable bonds is 6. The molecule has 0 spiro atoms. The zero-order chi connectivity index (χ0) is 18.9. The van der Waals surface area contributed by atoms with Gasteiger partial charge in [0.25, 0.3) is 0 Å². The quantitative estimate of drug-likeness (QED) is 0.477. The van der Waals surface area contributed by atoms with E-state index in [2.05, 4.69) is 15.2 Å². The Hall–Kier alpha value is -2.31. The molecule has 1 fully saturated rings. The van der Waals surface area contributed by atoms with Crippen LogP contribution < -0.4 is 10.1 Å². The predicted octanol–water partition coefficient (Wildman–Crippen LogP) is 2.44. The number of hydrogen-bond acceptors (Lipinski definition) is 4. The highest BCUT2D eigenvalue weighted by Gasteiger charge is 2.27. The molecule has 0 amide bonds. The normalized spacial score (nSPS) is 16.9. The van der Waals surface area contributed by atoms with Crippen LogP contribution in [0.2, 0.25) is 0 Å². The zero-order valence-electron chi connectivity index (χ0n) is 15.7. The number of benzene rings is 1. The van der Waals surface area contributed by atoms with E-state index in [1.54, 1.807) is 18.2 Å². The Balaban J connectivity index is 1.92. The van der Waals surface area contributed by atoms with Crippen molar-refractivity contribution in [1.29, 1.82) is 0 Å². The van der Waals surface area contributed by atoms with Crippen LogP contribution in [0.1, 0.15) is 26.7 Å². The first-order chi connectivity index (χ1) is 12.5. The average molecular weight is 365 g/mol. The third-order valence-corrected chi connectivity index (χ3v) is 4.33. The third-order valence-electron chi connectivity index (χ3n) is 4.33. The number of methoxy groups -OCH3 is 1. The van der Waals surface area contributed by atoms with E-state index in [1.807, 2.05) is 13.8 Å². The van der Waals surface area contributed by atoms with Crippen molar-refractivity contribution in [3.63, 3.8) is 0 Å². The van der Waals surface area contributed by atoms with Crippen LogP contribution in [-0.4, -0.2) is 56.2 Å².